The van der Waals surface area contributed by atoms with Crippen molar-refractivity contribution in [2.75, 3.05) is 6.54 Å². The molecule has 4 nitrogen and oxygen atoms in total. The van der Waals surface area contributed by atoms with Crippen LogP contribution < -0.4 is 5.73 Å². The zero-order valence-corrected chi connectivity index (χ0v) is 8.96. The largest absolute Gasteiger partial charge is 0.336 e. The fraction of sp³-hybridized carbons (Fsp3) is 0.400. The van der Waals surface area contributed by atoms with Gasteiger partial charge >= 0.3 is 0 Å². The smallest absolute Gasteiger partial charge is 0.239 e. The fourth-order valence-electron chi connectivity index (χ4n) is 1.63. The summed E-state index contributed by atoms with van der Waals surface area (Å²) < 4.78 is 0. The van der Waals surface area contributed by atoms with Crippen LogP contribution in [0, 0.1) is 11.3 Å². The summed E-state index contributed by atoms with van der Waals surface area (Å²) >= 11 is 1.43. The van der Waals surface area contributed by atoms with Crippen LogP contribution in [-0.2, 0) is 11.3 Å². The van der Waals surface area contributed by atoms with Crippen LogP contribution in [0.2, 0.25) is 0 Å². The van der Waals surface area contributed by atoms with Crippen LogP contribution in [0.1, 0.15) is 16.2 Å². The normalized spacial score (nSPS) is 20.7. The van der Waals surface area contributed by atoms with Crippen molar-refractivity contribution in [2.24, 2.45) is 5.73 Å². The van der Waals surface area contributed by atoms with Crippen LogP contribution in [0.5, 0.6) is 0 Å². The Hall–Kier alpha value is -1.38. The minimum Gasteiger partial charge on any atom is -0.336 e. The standard InChI is InChI=1S/C10H11N3OS/c11-5-7-1-2-8(15-7)6-13-4-3-9(12)10(13)14/h1-2,9H,3-4,6,12H2/t9-/m0/s1. The summed E-state index contributed by atoms with van der Waals surface area (Å²) in [6.07, 6.45) is 0.731. The van der Waals surface area contributed by atoms with Crippen LogP contribution in [-0.4, -0.2) is 23.4 Å². The molecule has 0 unspecified atom stereocenters. The van der Waals surface area contributed by atoms with Crippen LogP contribution in [0.4, 0.5) is 0 Å². The van der Waals surface area contributed by atoms with Gasteiger partial charge in [-0.3, -0.25) is 4.79 Å². The number of likely N-dealkylation sites (tertiary alicyclic amines) is 1. The van der Waals surface area contributed by atoms with Crippen molar-refractivity contribution < 1.29 is 4.79 Å². The lowest BCUT2D eigenvalue weighted by molar-refractivity contribution is -0.129. The quantitative estimate of drug-likeness (QED) is 0.798. The Morgan fingerprint density at radius 3 is 3.00 bits per heavy atom. The molecule has 2 rings (SSSR count). The molecule has 1 aromatic heterocycles. The second kappa shape index (κ2) is 4.01. The highest BCUT2D eigenvalue weighted by molar-refractivity contribution is 7.12. The summed E-state index contributed by atoms with van der Waals surface area (Å²) in [6, 6.07) is 5.42. The maximum absolute atomic E-state index is 11.5. The van der Waals surface area contributed by atoms with Gasteiger partial charge in [0.25, 0.3) is 0 Å². The van der Waals surface area contributed by atoms with E-state index in [9.17, 15) is 4.79 Å². The molecule has 1 amide bonds. The highest BCUT2D eigenvalue weighted by atomic mass is 32.1. The summed E-state index contributed by atoms with van der Waals surface area (Å²) in [5, 5.41) is 8.67. The van der Waals surface area contributed by atoms with E-state index in [0.717, 1.165) is 17.8 Å². The van der Waals surface area contributed by atoms with Crippen molar-refractivity contribution in [3.05, 3.63) is 21.9 Å². The van der Waals surface area contributed by atoms with Gasteiger partial charge in [0.1, 0.15) is 10.9 Å². The van der Waals surface area contributed by atoms with E-state index in [0.29, 0.717) is 11.4 Å². The van der Waals surface area contributed by atoms with E-state index < -0.39 is 0 Å². The van der Waals surface area contributed by atoms with Gasteiger partial charge in [0.15, 0.2) is 0 Å². The zero-order valence-electron chi connectivity index (χ0n) is 8.14. The van der Waals surface area contributed by atoms with Crippen molar-refractivity contribution in [3.63, 3.8) is 0 Å². The van der Waals surface area contributed by atoms with Gasteiger partial charge in [-0.05, 0) is 18.6 Å². The molecule has 1 fully saturated rings. The molecule has 1 atom stereocenters. The lowest BCUT2D eigenvalue weighted by Crippen LogP contribution is -2.33. The molecular weight excluding hydrogens is 210 g/mol. The molecule has 1 saturated heterocycles. The Morgan fingerprint density at radius 2 is 2.47 bits per heavy atom. The molecule has 2 N–H and O–H groups in total. The number of amides is 1. The molecule has 1 aliphatic heterocycles. The first-order valence-electron chi connectivity index (χ1n) is 4.74. The number of thiophene rings is 1. The van der Waals surface area contributed by atoms with Gasteiger partial charge in [0, 0.05) is 11.4 Å². The molecule has 0 aromatic carbocycles. The summed E-state index contributed by atoms with van der Waals surface area (Å²) in [4.78, 5) is 15.0. The van der Waals surface area contributed by atoms with Crippen LogP contribution >= 0.6 is 11.3 Å². The lowest BCUT2D eigenvalue weighted by atomic mass is 10.3. The number of nitrogens with two attached hydrogens (primary N) is 1. The van der Waals surface area contributed by atoms with E-state index in [1.165, 1.54) is 11.3 Å². The van der Waals surface area contributed by atoms with Crippen molar-refractivity contribution in [2.45, 2.75) is 19.0 Å². The van der Waals surface area contributed by atoms with Crippen molar-refractivity contribution in [3.8, 4) is 6.07 Å². The highest BCUT2D eigenvalue weighted by Gasteiger charge is 2.28. The Morgan fingerprint density at radius 1 is 1.67 bits per heavy atom. The molecular formula is C10H11N3OS. The van der Waals surface area contributed by atoms with E-state index >= 15 is 0 Å². The summed E-state index contributed by atoms with van der Waals surface area (Å²) in [5.41, 5.74) is 5.61. The Kier molecular flexibility index (Phi) is 2.71. The van der Waals surface area contributed by atoms with E-state index in [1.54, 1.807) is 11.0 Å². The van der Waals surface area contributed by atoms with Crippen LogP contribution in [0.3, 0.4) is 0 Å². The average Bonchev–Trinajstić information content (AvgIpc) is 2.80. The predicted molar refractivity (Wildman–Crippen MR) is 57.0 cm³/mol. The summed E-state index contributed by atoms with van der Waals surface area (Å²) in [6.45, 7) is 1.30. The first kappa shape index (κ1) is 10.1. The monoisotopic (exact) mass is 221 g/mol. The number of nitrogens with zero attached hydrogens (tertiary/aromatic N) is 2. The number of hydrogen-bond acceptors (Lipinski definition) is 4. The van der Waals surface area contributed by atoms with E-state index in [2.05, 4.69) is 6.07 Å². The third-order valence-corrected chi connectivity index (χ3v) is 3.43. The molecule has 5 heteroatoms. The van der Waals surface area contributed by atoms with E-state index in [-0.39, 0.29) is 11.9 Å². The van der Waals surface area contributed by atoms with Gasteiger partial charge in [-0.2, -0.15) is 5.26 Å². The number of carbonyl (C=O) groups is 1. The van der Waals surface area contributed by atoms with Gasteiger partial charge in [0.05, 0.1) is 12.6 Å². The van der Waals surface area contributed by atoms with Gasteiger partial charge in [-0.1, -0.05) is 0 Å². The number of hydrogen-bond donors (Lipinski definition) is 1. The second-order valence-corrected chi connectivity index (χ2v) is 4.70. The fourth-order valence-corrected chi connectivity index (χ4v) is 2.45. The number of carbonyl (C=O) groups excluding carboxylic acids is 1. The molecule has 0 spiro atoms. The Balaban J connectivity index is 2.04. The molecule has 1 aliphatic rings. The van der Waals surface area contributed by atoms with Gasteiger partial charge in [-0.25, -0.2) is 0 Å². The minimum absolute atomic E-state index is 0.0157. The molecule has 15 heavy (non-hydrogen) atoms. The molecule has 0 aliphatic carbocycles. The van der Waals surface area contributed by atoms with Gasteiger partial charge in [0.2, 0.25) is 5.91 Å². The third kappa shape index (κ3) is 2.01. The Bertz CT molecular complexity index is 421. The molecule has 0 bridgehead atoms. The summed E-state index contributed by atoms with van der Waals surface area (Å²) in [5.74, 6) is 0.0157. The van der Waals surface area contributed by atoms with E-state index in [1.807, 2.05) is 6.07 Å². The molecule has 0 saturated carbocycles. The summed E-state index contributed by atoms with van der Waals surface area (Å²) in [7, 11) is 0. The molecule has 1 aromatic rings. The zero-order chi connectivity index (χ0) is 10.8. The lowest BCUT2D eigenvalue weighted by Gasteiger charge is -2.14. The average molecular weight is 221 g/mol. The van der Waals surface area contributed by atoms with E-state index in [4.69, 9.17) is 11.0 Å². The first-order valence-corrected chi connectivity index (χ1v) is 5.55. The Labute approximate surface area is 91.9 Å². The minimum atomic E-state index is -0.333. The number of rotatable bonds is 2. The van der Waals surface area contributed by atoms with Crippen LogP contribution in [0.25, 0.3) is 0 Å². The first-order chi connectivity index (χ1) is 7.20. The maximum Gasteiger partial charge on any atom is 0.239 e. The second-order valence-electron chi connectivity index (χ2n) is 3.53. The highest BCUT2D eigenvalue weighted by Crippen LogP contribution is 2.20. The predicted octanol–water partition coefficient (Wildman–Crippen LogP) is 0.679. The van der Waals surface area contributed by atoms with Crippen LogP contribution in [0.15, 0.2) is 12.1 Å². The molecule has 2 heterocycles. The van der Waals surface area contributed by atoms with Gasteiger partial charge in [-0.15, -0.1) is 11.3 Å². The SMILES string of the molecule is N#Cc1ccc(CN2CC[C@H](N)C2=O)s1. The molecule has 78 valence electrons. The number of nitriles is 1. The van der Waals surface area contributed by atoms with Crippen molar-refractivity contribution >= 4 is 17.2 Å². The van der Waals surface area contributed by atoms with Crippen molar-refractivity contribution in [1.82, 2.24) is 4.90 Å². The third-order valence-electron chi connectivity index (χ3n) is 2.46. The van der Waals surface area contributed by atoms with Crippen molar-refractivity contribution in [1.29, 1.82) is 5.26 Å². The topological polar surface area (TPSA) is 70.1 Å². The van der Waals surface area contributed by atoms with Gasteiger partial charge < -0.3 is 10.6 Å². The molecule has 0 radical (unpaired) electrons. The maximum atomic E-state index is 11.5.